The van der Waals surface area contributed by atoms with Crippen LogP contribution in [0.5, 0.6) is 5.75 Å². The monoisotopic (exact) mass is 359 g/mol. The number of hydrogen-bond acceptors (Lipinski definition) is 4. The number of nitrogens with one attached hydrogen (secondary N) is 1. The molecule has 1 aliphatic rings. The van der Waals surface area contributed by atoms with Gasteiger partial charge in [0.05, 0.1) is 16.0 Å². The fourth-order valence-corrected chi connectivity index (χ4v) is 3.22. The Hall–Kier alpha value is -1.01. The summed E-state index contributed by atoms with van der Waals surface area (Å²) in [6.07, 6.45) is 1.93. The van der Waals surface area contributed by atoms with Crippen LogP contribution in [-0.4, -0.2) is 50.1 Å². The standard InChI is InChI=1S/C16H23Cl2N3O2/c17-13-4-1-5-14(18)15(13)23-10-9-21-8-2-3-12(11-21)16(22)20-7-6-19/h1,4-5,12H,2-3,6-11,19H2,(H,20,22). The summed E-state index contributed by atoms with van der Waals surface area (Å²) in [5.41, 5.74) is 5.42. The van der Waals surface area contributed by atoms with Crippen LogP contribution in [0.3, 0.4) is 0 Å². The van der Waals surface area contributed by atoms with Gasteiger partial charge >= 0.3 is 0 Å². The topological polar surface area (TPSA) is 67.6 Å². The second-order valence-electron chi connectivity index (χ2n) is 5.62. The van der Waals surface area contributed by atoms with Crippen molar-refractivity contribution in [2.24, 2.45) is 11.7 Å². The minimum atomic E-state index is 0.0270. The average molecular weight is 360 g/mol. The second kappa shape index (κ2) is 9.33. The van der Waals surface area contributed by atoms with E-state index in [0.29, 0.717) is 35.5 Å². The van der Waals surface area contributed by atoms with Crippen LogP contribution in [0.25, 0.3) is 0 Å². The lowest BCUT2D eigenvalue weighted by Crippen LogP contribution is -2.45. The quantitative estimate of drug-likeness (QED) is 0.782. The van der Waals surface area contributed by atoms with Crippen molar-refractivity contribution < 1.29 is 9.53 Å². The van der Waals surface area contributed by atoms with E-state index in [4.69, 9.17) is 33.7 Å². The molecule has 1 aromatic rings. The predicted molar refractivity (Wildman–Crippen MR) is 93.2 cm³/mol. The molecular formula is C16H23Cl2N3O2. The summed E-state index contributed by atoms with van der Waals surface area (Å²) in [4.78, 5) is 14.3. The van der Waals surface area contributed by atoms with Crippen molar-refractivity contribution in [3.8, 4) is 5.75 Å². The van der Waals surface area contributed by atoms with Gasteiger partial charge in [-0.1, -0.05) is 29.3 Å². The second-order valence-corrected chi connectivity index (χ2v) is 6.43. The number of para-hydroxylation sites is 1. The molecular weight excluding hydrogens is 337 g/mol. The van der Waals surface area contributed by atoms with E-state index in [2.05, 4.69) is 10.2 Å². The van der Waals surface area contributed by atoms with Crippen LogP contribution >= 0.6 is 23.2 Å². The third-order valence-electron chi connectivity index (χ3n) is 3.89. The molecule has 3 N–H and O–H groups in total. The lowest BCUT2D eigenvalue weighted by atomic mass is 9.97. The summed E-state index contributed by atoms with van der Waals surface area (Å²) < 4.78 is 5.71. The van der Waals surface area contributed by atoms with E-state index in [1.54, 1.807) is 18.2 Å². The van der Waals surface area contributed by atoms with Crippen LogP contribution < -0.4 is 15.8 Å². The van der Waals surface area contributed by atoms with Crippen LogP contribution in [0.4, 0.5) is 0 Å². The van der Waals surface area contributed by atoms with Crippen LogP contribution in [0.2, 0.25) is 10.0 Å². The molecule has 7 heteroatoms. The molecule has 1 aromatic carbocycles. The largest absolute Gasteiger partial charge is 0.489 e. The van der Waals surface area contributed by atoms with Gasteiger partial charge in [0.25, 0.3) is 0 Å². The van der Waals surface area contributed by atoms with Crippen LogP contribution in [0.1, 0.15) is 12.8 Å². The Morgan fingerprint density at radius 2 is 2.13 bits per heavy atom. The van der Waals surface area contributed by atoms with Crippen molar-refractivity contribution in [3.63, 3.8) is 0 Å². The number of carbonyl (C=O) groups is 1. The van der Waals surface area contributed by atoms with E-state index in [1.807, 2.05) is 0 Å². The normalized spacial score (nSPS) is 18.7. The van der Waals surface area contributed by atoms with Crippen molar-refractivity contribution in [1.29, 1.82) is 0 Å². The van der Waals surface area contributed by atoms with Crippen molar-refractivity contribution in [3.05, 3.63) is 28.2 Å². The third kappa shape index (κ3) is 5.53. The first-order chi connectivity index (χ1) is 11.1. The Morgan fingerprint density at radius 3 is 2.83 bits per heavy atom. The Morgan fingerprint density at radius 1 is 1.39 bits per heavy atom. The molecule has 0 radical (unpaired) electrons. The van der Waals surface area contributed by atoms with E-state index in [1.165, 1.54) is 0 Å². The van der Waals surface area contributed by atoms with Gasteiger partial charge in [0.15, 0.2) is 5.75 Å². The number of hydrogen-bond donors (Lipinski definition) is 2. The number of halogens is 2. The number of nitrogens with zero attached hydrogens (tertiary/aromatic N) is 1. The number of likely N-dealkylation sites (tertiary alicyclic amines) is 1. The maximum absolute atomic E-state index is 12.0. The first-order valence-corrected chi connectivity index (χ1v) is 8.64. The third-order valence-corrected chi connectivity index (χ3v) is 4.49. The number of ether oxygens (including phenoxy) is 1. The molecule has 128 valence electrons. The van der Waals surface area contributed by atoms with Crippen molar-refractivity contribution >= 4 is 29.1 Å². The molecule has 0 spiro atoms. The molecule has 2 rings (SSSR count). The Bertz CT molecular complexity index is 508. The zero-order valence-electron chi connectivity index (χ0n) is 13.1. The predicted octanol–water partition coefficient (Wildman–Crippen LogP) is 2.16. The Kier molecular flexibility index (Phi) is 7.43. The SMILES string of the molecule is NCCNC(=O)C1CCCN(CCOc2c(Cl)cccc2Cl)C1. The van der Waals surface area contributed by atoms with Crippen LogP contribution in [0, 0.1) is 5.92 Å². The highest BCUT2D eigenvalue weighted by Gasteiger charge is 2.25. The maximum Gasteiger partial charge on any atom is 0.224 e. The molecule has 1 saturated heterocycles. The molecule has 0 bridgehead atoms. The molecule has 23 heavy (non-hydrogen) atoms. The summed E-state index contributed by atoms with van der Waals surface area (Å²) in [7, 11) is 0. The van der Waals surface area contributed by atoms with Crippen LogP contribution in [-0.2, 0) is 4.79 Å². The van der Waals surface area contributed by atoms with E-state index >= 15 is 0 Å². The molecule has 0 saturated carbocycles. The summed E-state index contributed by atoms with van der Waals surface area (Å²) in [5, 5.41) is 3.88. The Labute approximate surface area is 147 Å². The molecule has 1 fully saturated rings. The Balaban J connectivity index is 1.78. The summed E-state index contributed by atoms with van der Waals surface area (Å²) in [6, 6.07) is 5.29. The first kappa shape index (κ1) is 18.3. The molecule has 0 aliphatic carbocycles. The molecule has 1 aliphatic heterocycles. The van der Waals surface area contributed by atoms with Gasteiger partial charge in [0, 0.05) is 26.2 Å². The smallest absolute Gasteiger partial charge is 0.224 e. The summed E-state index contributed by atoms with van der Waals surface area (Å²) >= 11 is 12.2. The van der Waals surface area contributed by atoms with E-state index in [9.17, 15) is 4.79 Å². The van der Waals surface area contributed by atoms with E-state index in [-0.39, 0.29) is 11.8 Å². The number of amides is 1. The zero-order chi connectivity index (χ0) is 16.7. The van der Waals surface area contributed by atoms with Crippen LogP contribution in [0.15, 0.2) is 18.2 Å². The lowest BCUT2D eigenvalue weighted by Gasteiger charge is -2.31. The number of benzene rings is 1. The molecule has 1 amide bonds. The van der Waals surface area contributed by atoms with Gasteiger partial charge in [-0.25, -0.2) is 0 Å². The van der Waals surface area contributed by atoms with Crippen molar-refractivity contribution in [2.75, 3.05) is 39.3 Å². The highest BCUT2D eigenvalue weighted by atomic mass is 35.5. The molecule has 0 aromatic heterocycles. The van der Waals surface area contributed by atoms with Gasteiger partial charge in [0.2, 0.25) is 5.91 Å². The van der Waals surface area contributed by atoms with E-state index < -0.39 is 0 Å². The number of rotatable bonds is 7. The summed E-state index contributed by atoms with van der Waals surface area (Å²) in [5.74, 6) is 0.638. The van der Waals surface area contributed by atoms with Gasteiger partial charge in [-0.05, 0) is 31.5 Å². The number of piperidine rings is 1. The van der Waals surface area contributed by atoms with Crippen molar-refractivity contribution in [2.45, 2.75) is 12.8 Å². The minimum Gasteiger partial charge on any atom is -0.489 e. The minimum absolute atomic E-state index is 0.0270. The fraction of sp³-hybridized carbons (Fsp3) is 0.562. The molecule has 1 unspecified atom stereocenters. The zero-order valence-corrected chi connectivity index (χ0v) is 14.6. The van der Waals surface area contributed by atoms with Gasteiger partial charge in [0.1, 0.15) is 6.61 Å². The summed E-state index contributed by atoms with van der Waals surface area (Å²) in [6.45, 7) is 3.94. The fourth-order valence-electron chi connectivity index (χ4n) is 2.71. The van der Waals surface area contributed by atoms with Gasteiger partial charge in [-0.15, -0.1) is 0 Å². The molecule has 1 atom stereocenters. The lowest BCUT2D eigenvalue weighted by molar-refractivity contribution is -0.126. The highest BCUT2D eigenvalue weighted by Crippen LogP contribution is 2.32. The molecule has 1 heterocycles. The van der Waals surface area contributed by atoms with Gasteiger partial charge < -0.3 is 15.8 Å². The number of carbonyl (C=O) groups excluding carboxylic acids is 1. The maximum atomic E-state index is 12.0. The average Bonchev–Trinajstić information content (AvgIpc) is 2.55. The first-order valence-electron chi connectivity index (χ1n) is 7.88. The van der Waals surface area contributed by atoms with E-state index in [0.717, 1.165) is 32.5 Å². The van der Waals surface area contributed by atoms with Gasteiger partial charge in [-0.2, -0.15) is 0 Å². The molecule has 5 nitrogen and oxygen atoms in total. The van der Waals surface area contributed by atoms with Crippen molar-refractivity contribution in [1.82, 2.24) is 10.2 Å². The highest BCUT2D eigenvalue weighted by molar-refractivity contribution is 6.37. The van der Waals surface area contributed by atoms with Gasteiger partial charge in [-0.3, -0.25) is 9.69 Å². The number of nitrogens with two attached hydrogens (primary N) is 1.